The number of aliphatic hydroxyl groups is 1. The summed E-state index contributed by atoms with van der Waals surface area (Å²) in [6.45, 7) is 3.03. The predicted molar refractivity (Wildman–Crippen MR) is 130 cm³/mol. The standard InChI is InChI=1S/C26H31F3N6O2/c1-15-14-34(21-3-4-30-13-19(21)26(27,28)29)6-7-35(15)24-31-5-2-20(32-24)23(36)33-22-17-8-16-9-18(22)12-25(37,10-16)11-17/h2-5,13,15-18,22,37H,6-12,14H2,1H3,(H,33,36). The van der Waals surface area contributed by atoms with Crippen LogP contribution in [0.4, 0.5) is 24.8 Å². The first kappa shape index (κ1) is 24.4. The van der Waals surface area contributed by atoms with E-state index in [1.54, 1.807) is 17.2 Å². The van der Waals surface area contributed by atoms with Crippen LogP contribution >= 0.6 is 0 Å². The van der Waals surface area contributed by atoms with E-state index in [4.69, 9.17) is 0 Å². The Morgan fingerprint density at radius 1 is 1.14 bits per heavy atom. The van der Waals surface area contributed by atoms with Crippen molar-refractivity contribution in [3.05, 3.63) is 42.0 Å². The fourth-order valence-electron chi connectivity index (χ4n) is 7.41. The summed E-state index contributed by atoms with van der Waals surface area (Å²) >= 11 is 0. The van der Waals surface area contributed by atoms with Crippen molar-refractivity contribution in [1.29, 1.82) is 0 Å². The van der Waals surface area contributed by atoms with E-state index in [-0.39, 0.29) is 29.4 Å². The van der Waals surface area contributed by atoms with Gasteiger partial charge in [0, 0.05) is 50.3 Å². The molecular formula is C26H31F3N6O2. The van der Waals surface area contributed by atoms with Gasteiger partial charge in [0.15, 0.2) is 0 Å². The van der Waals surface area contributed by atoms with Crippen LogP contribution in [0.3, 0.4) is 0 Å². The molecule has 3 atom stereocenters. The van der Waals surface area contributed by atoms with Gasteiger partial charge in [-0.2, -0.15) is 13.2 Å². The molecule has 4 saturated carbocycles. The van der Waals surface area contributed by atoms with E-state index >= 15 is 0 Å². The summed E-state index contributed by atoms with van der Waals surface area (Å²) in [6, 6.07) is 2.87. The smallest absolute Gasteiger partial charge is 0.390 e. The highest BCUT2D eigenvalue weighted by Gasteiger charge is 2.55. The third-order valence-electron chi connectivity index (χ3n) is 8.74. The fourth-order valence-corrected chi connectivity index (χ4v) is 7.41. The highest BCUT2D eigenvalue weighted by Crippen LogP contribution is 2.55. The summed E-state index contributed by atoms with van der Waals surface area (Å²) in [6.07, 6.45) is 3.79. The summed E-state index contributed by atoms with van der Waals surface area (Å²) in [7, 11) is 0. The molecule has 4 aliphatic carbocycles. The zero-order chi connectivity index (χ0) is 25.9. The maximum Gasteiger partial charge on any atom is 0.419 e. The van der Waals surface area contributed by atoms with Crippen LogP contribution in [-0.2, 0) is 6.18 Å². The quantitative estimate of drug-likeness (QED) is 0.644. The maximum atomic E-state index is 13.5. The molecule has 1 saturated heterocycles. The van der Waals surface area contributed by atoms with Crippen molar-refractivity contribution in [2.75, 3.05) is 29.4 Å². The van der Waals surface area contributed by atoms with Gasteiger partial charge >= 0.3 is 6.18 Å². The van der Waals surface area contributed by atoms with Crippen LogP contribution < -0.4 is 15.1 Å². The van der Waals surface area contributed by atoms with Crippen molar-refractivity contribution < 1.29 is 23.1 Å². The van der Waals surface area contributed by atoms with Gasteiger partial charge < -0.3 is 20.2 Å². The second-order valence-corrected chi connectivity index (χ2v) is 11.3. The van der Waals surface area contributed by atoms with Crippen LogP contribution in [0.2, 0.25) is 0 Å². The van der Waals surface area contributed by atoms with Gasteiger partial charge in [0.2, 0.25) is 5.95 Å². The Kier molecular flexibility index (Phi) is 5.81. The number of hydrogen-bond acceptors (Lipinski definition) is 7. The van der Waals surface area contributed by atoms with Gasteiger partial charge in [-0.1, -0.05) is 0 Å². The number of amides is 1. The van der Waals surface area contributed by atoms with Crippen LogP contribution in [0, 0.1) is 17.8 Å². The van der Waals surface area contributed by atoms with Crippen molar-refractivity contribution in [2.24, 2.45) is 17.8 Å². The summed E-state index contributed by atoms with van der Waals surface area (Å²) < 4.78 is 40.5. The molecule has 0 radical (unpaired) electrons. The molecule has 1 aliphatic heterocycles. The summed E-state index contributed by atoms with van der Waals surface area (Å²) in [5.41, 5.74) is -0.915. The third kappa shape index (κ3) is 4.51. The lowest BCUT2D eigenvalue weighted by Crippen LogP contribution is -2.61. The molecule has 4 bridgehead atoms. The van der Waals surface area contributed by atoms with Crippen molar-refractivity contribution in [1.82, 2.24) is 20.3 Å². The van der Waals surface area contributed by atoms with Crippen molar-refractivity contribution in [3.63, 3.8) is 0 Å². The number of carbonyl (C=O) groups excluding carboxylic acids is 1. The number of pyridine rings is 1. The number of piperazine rings is 1. The first-order chi connectivity index (χ1) is 17.6. The zero-order valence-electron chi connectivity index (χ0n) is 20.7. The van der Waals surface area contributed by atoms with Gasteiger partial charge in [-0.15, -0.1) is 0 Å². The first-order valence-electron chi connectivity index (χ1n) is 13.0. The number of rotatable bonds is 4. The van der Waals surface area contributed by atoms with Crippen molar-refractivity contribution >= 4 is 17.5 Å². The van der Waals surface area contributed by atoms with Gasteiger partial charge in [-0.05, 0) is 68.9 Å². The number of anilines is 2. The zero-order valence-corrected chi connectivity index (χ0v) is 20.7. The second kappa shape index (κ2) is 8.82. The van der Waals surface area contributed by atoms with Crippen molar-refractivity contribution in [3.8, 4) is 0 Å². The van der Waals surface area contributed by atoms with Crippen LogP contribution in [0.15, 0.2) is 30.7 Å². The number of aromatic nitrogens is 3. The Hall–Kier alpha value is -2.95. The molecule has 37 heavy (non-hydrogen) atoms. The highest BCUT2D eigenvalue weighted by atomic mass is 19.4. The molecule has 3 heterocycles. The molecule has 2 N–H and O–H groups in total. The maximum absolute atomic E-state index is 13.5. The van der Waals surface area contributed by atoms with Crippen LogP contribution in [-0.4, -0.2) is 63.3 Å². The topological polar surface area (TPSA) is 94.5 Å². The molecule has 5 fully saturated rings. The SMILES string of the molecule is CC1CN(c2ccncc2C(F)(F)F)CCN1c1nccc(C(=O)NC2C3CC4CC2CC(O)(C4)C3)n1. The minimum absolute atomic E-state index is 0.0494. The second-order valence-electron chi connectivity index (χ2n) is 11.3. The van der Waals surface area contributed by atoms with E-state index in [0.717, 1.165) is 38.3 Å². The number of carbonyl (C=O) groups is 1. The Morgan fingerprint density at radius 3 is 2.57 bits per heavy atom. The van der Waals surface area contributed by atoms with E-state index in [1.165, 1.54) is 12.3 Å². The Labute approximate surface area is 213 Å². The first-order valence-corrected chi connectivity index (χ1v) is 13.0. The number of alkyl halides is 3. The number of nitrogens with one attached hydrogen (secondary N) is 1. The van der Waals surface area contributed by atoms with Gasteiger partial charge in [-0.25, -0.2) is 9.97 Å². The van der Waals surface area contributed by atoms with E-state index in [1.807, 2.05) is 11.8 Å². The molecule has 0 spiro atoms. The van der Waals surface area contributed by atoms with Gasteiger partial charge in [-0.3, -0.25) is 9.78 Å². The lowest BCUT2D eigenvalue weighted by Gasteiger charge is -2.58. The summed E-state index contributed by atoms with van der Waals surface area (Å²) in [5.74, 6) is 1.30. The summed E-state index contributed by atoms with van der Waals surface area (Å²) in [4.78, 5) is 29.4. The number of hydrogen-bond donors (Lipinski definition) is 2. The van der Waals surface area contributed by atoms with Gasteiger partial charge in [0.25, 0.3) is 5.91 Å². The van der Waals surface area contributed by atoms with E-state index in [0.29, 0.717) is 43.3 Å². The molecular weight excluding hydrogens is 485 g/mol. The Bertz CT molecular complexity index is 1180. The monoisotopic (exact) mass is 516 g/mol. The normalized spacial score (nSPS) is 33.1. The average molecular weight is 517 g/mol. The summed E-state index contributed by atoms with van der Waals surface area (Å²) in [5, 5.41) is 14.0. The highest BCUT2D eigenvalue weighted by molar-refractivity contribution is 5.92. The molecule has 3 unspecified atom stereocenters. The number of nitrogens with zero attached hydrogens (tertiary/aromatic N) is 5. The molecule has 5 aliphatic rings. The van der Waals surface area contributed by atoms with E-state index < -0.39 is 17.3 Å². The lowest BCUT2D eigenvalue weighted by atomic mass is 9.52. The Morgan fingerprint density at radius 2 is 1.89 bits per heavy atom. The van der Waals surface area contributed by atoms with Gasteiger partial charge in [0.05, 0.1) is 16.9 Å². The Balaban J connectivity index is 1.14. The third-order valence-corrected chi connectivity index (χ3v) is 8.74. The number of halogens is 3. The molecule has 2 aromatic rings. The predicted octanol–water partition coefficient (Wildman–Crippen LogP) is 3.27. The van der Waals surface area contributed by atoms with Crippen molar-refractivity contribution in [2.45, 2.75) is 62.9 Å². The van der Waals surface area contributed by atoms with Crippen LogP contribution in [0.25, 0.3) is 0 Å². The average Bonchev–Trinajstić information content (AvgIpc) is 2.84. The molecule has 11 heteroatoms. The van der Waals surface area contributed by atoms with Gasteiger partial charge in [0.1, 0.15) is 5.69 Å². The van der Waals surface area contributed by atoms with E-state index in [2.05, 4.69) is 20.3 Å². The fraction of sp³-hybridized carbons (Fsp3) is 0.615. The lowest BCUT2D eigenvalue weighted by molar-refractivity contribution is -0.137. The molecule has 7 rings (SSSR count). The van der Waals surface area contributed by atoms with Crippen LogP contribution in [0.1, 0.15) is 55.1 Å². The largest absolute Gasteiger partial charge is 0.419 e. The minimum Gasteiger partial charge on any atom is -0.390 e. The van der Waals surface area contributed by atoms with Crippen LogP contribution in [0.5, 0.6) is 0 Å². The molecule has 1 amide bonds. The molecule has 0 aromatic carbocycles. The molecule has 2 aromatic heterocycles. The molecule has 198 valence electrons. The minimum atomic E-state index is -4.48. The molecule has 8 nitrogen and oxygen atoms in total. The van der Waals surface area contributed by atoms with E-state index in [9.17, 15) is 23.1 Å².